The molecule has 0 radical (unpaired) electrons. The minimum absolute atomic E-state index is 0.315. The Balaban J connectivity index is 1.89. The third-order valence-electron chi connectivity index (χ3n) is 5.56. The number of anilines is 1. The quantitative estimate of drug-likeness (QED) is 0.781. The van der Waals surface area contributed by atoms with Crippen LogP contribution in [-0.4, -0.2) is 17.8 Å². The number of hydrogen-bond acceptors (Lipinski definition) is 5. The number of carbonyl (C=O) groups excluding carboxylic acids is 3. The number of aliphatic carboxylic acids is 1. The number of carboxylic acids is 1. The number of hydrogen-bond donors (Lipinski definition) is 2. The van der Waals surface area contributed by atoms with Gasteiger partial charge in [-0.25, -0.2) is 0 Å². The lowest BCUT2D eigenvalue weighted by molar-refractivity contribution is -0.313. The van der Waals surface area contributed by atoms with Crippen LogP contribution >= 0.6 is 11.3 Å². The Hall–Kier alpha value is -2.15. The molecule has 2 atom stereocenters. The van der Waals surface area contributed by atoms with Gasteiger partial charge in [-0.2, -0.15) is 0 Å². The van der Waals surface area contributed by atoms with E-state index in [-0.39, 0.29) is 5.91 Å². The summed E-state index contributed by atoms with van der Waals surface area (Å²) in [6.45, 7) is 3.80. The normalized spacial score (nSPS) is 22.7. The topological polar surface area (TPSA) is 112 Å². The molecule has 3 N–H and O–H groups in total. The van der Waals surface area contributed by atoms with E-state index in [1.807, 2.05) is 13.8 Å². The number of nitrogens with two attached hydrogens (primary N) is 1. The van der Waals surface area contributed by atoms with Crippen LogP contribution in [0.1, 0.15) is 60.3 Å². The molecule has 3 rings (SSSR count). The molecule has 0 aliphatic heterocycles. The summed E-state index contributed by atoms with van der Waals surface area (Å²) in [6, 6.07) is 0. The number of allylic oxidation sites excluding steroid dienone is 2. The van der Waals surface area contributed by atoms with Gasteiger partial charge in [-0.05, 0) is 57.9 Å². The van der Waals surface area contributed by atoms with Gasteiger partial charge in [0, 0.05) is 16.8 Å². The van der Waals surface area contributed by atoms with E-state index in [0.29, 0.717) is 23.4 Å². The van der Waals surface area contributed by atoms with Crippen LogP contribution in [0.4, 0.5) is 5.00 Å². The van der Waals surface area contributed by atoms with E-state index in [2.05, 4.69) is 5.32 Å². The molecule has 0 unspecified atom stereocenters. The summed E-state index contributed by atoms with van der Waals surface area (Å²) in [6.07, 6.45) is 4.41. The Morgan fingerprint density at radius 1 is 1.08 bits per heavy atom. The van der Waals surface area contributed by atoms with Crippen molar-refractivity contribution in [3.63, 3.8) is 0 Å². The van der Waals surface area contributed by atoms with Crippen molar-refractivity contribution >= 4 is 34.1 Å². The summed E-state index contributed by atoms with van der Waals surface area (Å²) in [4.78, 5) is 37.4. The molecule has 0 bridgehead atoms. The summed E-state index contributed by atoms with van der Waals surface area (Å²) in [5.74, 6) is -3.70. The Kier molecular flexibility index (Phi) is 5.18. The fourth-order valence-corrected chi connectivity index (χ4v) is 5.23. The van der Waals surface area contributed by atoms with Gasteiger partial charge in [-0.1, -0.05) is 11.1 Å². The molecule has 1 aromatic rings. The number of amides is 2. The molecule has 7 heteroatoms. The van der Waals surface area contributed by atoms with E-state index in [1.165, 1.54) is 11.3 Å². The van der Waals surface area contributed by atoms with Crippen molar-refractivity contribution in [2.24, 2.45) is 17.6 Å². The van der Waals surface area contributed by atoms with E-state index >= 15 is 0 Å². The van der Waals surface area contributed by atoms with Crippen LogP contribution in [0.2, 0.25) is 0 Å². The van der Waals surface area contributed by atoms with Crippen molar-refractivity contribution in [1.82, 2.24) is 0 Å². The Bertz CT molecular complexity index is 809. The fraction of sp³-hybridized carbons (Fsp3) is 0.526. The first-order valence-corrected chi connectivity index (χ1v) is 9.72. The molecular formula is C19H23N2O4S-. The average Bonchev–Trinajstić information content (AvgIpc) is 2.94. The number of aryl methyl sites for hydroxylation is 1. The van der Waals surface area contributed by atoms with Crippen LogP contribution in [0.25, 0.3) is 0 Å². The second-order valence-corrected chi connectivity index (χ2v) is 8.37. The van der Waals surface area contributed by atoms with Crippen LogP contribution in [0.3, 0.4) is 0 Å². The molecule has 0 aromatic carbocycles. The van der Waals surface area contributed by atoms with Gasteiger partial charge >= 0.3 is 0 Å². The molecule has 0 fully saturated rings. The predicted molar refractivity (Wildman–Crippen MR) is 97.7 cm³/mol. The highest BCUT2D eigenvalue weighted by molar-refractivity contribution is 7.17. The smallest absolute Gasteiger partial charge is 0.251 e. The van der Waals surface area contributed by atoms with Gasteiger partial charge < -0.3 is 21.0 Å². The number of thiophene rings is 1. The van der Waals surface area contributed by atoms with Gasteiger partial charge in [0.1, 0.15) is 5.00 Å². The fourth-order valence-electron chi connectivity index (χ4n) is 3.93. The third-order valence-corrected chi connectivity index (χ3v) is 6.77. The third kappa shape index (κ3) is 3.40. The molecule has 6 nitrogen and oxygen atoms in total. The maximum Gasteiger partial charge on any atom is 0.251 e. The minimum atomic E-state index is -1.21. The van der Waals surface area contributed by atoms with Gasteiger partial charge in [0.05, 0.1) is 11.5 Å². The maximum absolute atomic E-state index is 12.9. The lowest BCUT2D eigenvalue weighted by atomic mass is 9.76. The van der Waals surface area contributed by atoms with Crippen LogP contribution < -0.4 is 16.2 Å². The van der Waals surface area contributed by atoms with E-state index < -0.39 is 23.7 Å². The highest BCUT2D eigenvalue weighted by Crippen LogP contribution is 2.39. The molecule has 2 aliphatic carbocycles. The molecule has 1 heterocycles. The van der Waals surface area contributed by atoms with Gasteiger partial charge in [-0.3, -0.25) is 9.59 Å². The van der Waals surface area contributed by atoms with Crippen molar-refractivity contribution < 1.29 is 19.5 Å². The molecule has 0 saturated heterocycles. The largest absolute Gasteiger partial charge is 0.550 e. The van der Waals surface area contributed by atoms with Crippen LogP contribution in [0.5, 0.6) is 0 Å². The first-order chi connectivity index (χ1) is 12.3. The zero-order valence-electron chi connectivity index (χ0n) is 15.0. The number of rotatable bonds is 4. The van der Waals surface area contributed by atoms with E-state index in [1.54, 1.807) is 0 Å². The van der Waals surface area contributed by atoms with Crippen molar-refractivity contribution in [2.45, 2.75) is 52.4 Å². The molecule has 1 aromatic heterocycles. The Morgan fingerprint density at radius 3 is 2.31 bits per heavy atom. The predicted octanol–water partition coefficient (Wildman–Crippen LogP) is 1.78. The van der Waals surface area contributed by atoms with E-state index in [0.717, 1.165) is 47.3 Å². The molecule has 0 spiro atoms. The molecule has 0 saturated carbocycles. The van der Waals surface area contributed by atoms with E-state index in [9.17, 15) is 19.5 Å². The molecule has 2 amide bonds. The molecule has 26 heavy (non-hydrogen) atoms. The summed E-state index contributed by atoms with van der Waals surface area (Å²) >= 11 is 1.39. The van der Waals surface area contributed by atoms with Gasteiger partial charge in [0.25, 0.3) is 5.91 Å². The molecule has 2 aliphatic rings. The van der Waals surface area contributed by atoms with Crippen molar-refractivity contribution in [3.05, 3.63) is 27.2 Å². The van der Waals surface area contributed by atoms with Gasteiger partial charge in [0.15, 0.2) is 0 Å². The Labute approximate surface area is 156 Å². The Morgan fingerprint density at radius 2 is 1.69 bits per heavy atom. The van der Waals surface area contributed by atoms with Crippen molar-refractivity contribution in [2.75, 3.05) is 5.32 Å². The molecular weight excluding hydrogens is 352 g/mol. The van der Waals surface area contributed by atoms with Crippen molar-refractivity contribution in [3.8, 4) is 0 Å². The summed E-state index contributed by atoms with van der Waals surface area (Å²) in [5, 5.41) is 14.8. The summed E-state index contributed by atoms with van der Waals surface area (Å²) < 4.78 is 0. The summed E-state index contributed by atoms with van der Waals surface area (Å²) in [7, 11) is 0. The number of primary amides is 1. The zero-order chi connectivity index (χ0) is 19.0. The first kappa shape index (κ1) is 18.6. The SMILES string of the molecule is CC1=C(C)C[C@H](C(=O)Nc2sc3c(c2C(N)=O)CCCC3)[C@@H](C(=O)[O-])C1. The lowest BCUT2D eigenvalue weighted by Gasteiger charge is -2.32. The van der Waals surface area contributed by atoms with Crippen molar-refractivity contribution in [1.29, 1.82) is 0 Å². The average molecular weight is 375 g/mol. The highest BCUT2D eigenvalue weighted by atomic mass is 32.1. The number of nitrogens with one attached hydrogen (secondary N) is 1. The monoisotopic (exact) mass is 375 g/mol. The van der Waals surface area contributed by atoms with Crippen LogP contribution in [0, 0.1) is 11.8 Å². The molecule has 140 valence electrons. The first-order valence-electron chi connectivity index (χ1n) is 8.90. The maximum atomic E-state index is 12.9. The van der Waals surface area contributed by atoms with Crippen LogP contribution in [0.15, 0.2) is 11.1 Å². The number of fused-ring (bicyclic) bond motifs is 1. The lowest BCUT2D eigenvalue weighted by Crippen LogP contribution is -2.42. The van der Waals surface area contributed by atoms with Crippen LogP contribution in [-0.2, 0) is 22.4 Å². The zero-order valence-corrected chi connectivity index (χ0v) is 15.8. The highest BCUT2D eigenvalue weighted by Gasteiger charge is 2.35. The second kappa shape index (κ2) is 7.23. The number of carboxylic acid groups (broad SMARTS) is 1. The summed E-state index contributed by atoms with van der Waals surface area (Å²) in [5.41, 5.74) is 8.91. The number of carbonyl (C=O) groups is 3. The van der Waals surface area contributed by atoms with Gasteiger partial charge in [-0.15, -0.1) is 11.3 Å². The minimum Gasteiger partial charge on any atom is -0.550 e. The van der Waals surface area contributed by atoms with E-state index in [4.69, 9.17) is 5.73 Å². The second-order valence-electron chi connectivity index (χ2n) is 7.27. The van der Waals surface area contributed by atoms with Gasteiger partial charge in [0.2, 0.25) is 5.91 Å². The standard InChI is InChI=1S/C19H24N2O4S/c1-9-7-12(13(19(24)25)8-10(9)2)17(23)21-18-15(16(20)22)11-5-3-4-6-14(11)26-18/h12-13H,3-8H2,1-2H3,(H2,20,22)(H,21,23)(H,24,25)/p-1/t12-,13-/m0/s1.